The molecule has 0 unspecified atom stereocenters. The van der Waals surface area contributed by atoms with Crippen LogP contribution in [0.3, 0.4) is 0 Å². The monoisotopic (exact) mass is 433 g/mol. The molecule has 0 saturated heterocycles. The van der Waals surface area contributed by atoms with Crippen molar-refractivity contribution in [2.75, 3.05) is 11.1 Å². The van der Waals surface area contributed by atoms with E-state index in [-0.39, 0.29) is 23.9 Å². The van der Waals surface area contributed by atoms with Crippen molar-refractivity contribution in [3.8, 4) is 6.07 Å². The van der Waals surface area contributed by atoms with Crippen molar-refractivity contribution in [3.63, 3.8) is 0 Å². The molecule has 0 atom stereocenters. The molecular weight excluding hydrogens is 410 g/mol. The lowest BCUT2D eigenvalue weighted by Gasteiger charge is -2.09. The summed E-state index contributed by atoms with van der Waals surface area (Å²) in [6.45, 7) is 6.51. The van der Waals surface area contributed by atoms with Gasteiger partial charge in [0, 0.05) is 17.8 Å². The Hall–Kier alpha value is -3.44. The van der Waals surface area contributed by atoms with Crippen LogP contribution in [-0.2, 0) is 17.8 Å². The molecule has 31 heavy (non-hydrogen) atoms. The predicted molar refractivity (Wildman–Crippen MR) is 120 cm³/mol. The number of thioether (sulfide) groups is 1. The number of nitrogens with one attached hydrogen (secondary N) is 1. The number of nitrogens with zero attached hydrogens (tertiary/aromatic N) is 4. The van der Waals surface area contributed by atoms with Gasteiger partial charge in [-0.1, -0.05) is 30.0 Å². The van der Waals surface area contributed by atoms with Gasteiger partial charge in [0.1, 0.15) is 5.82 Å². The minimum absolute atomic E-state index is 0.0609. The maximum Gasteiger partial charge on any atom is 0.232 e. The summed E-state index contributed by atoms with van der Waals surface area (Å²) in [5.74, 6) is 0.517. The van der Waals surface area contributed by atoms with Crippen LogP contribution in [0.1, 0.15) is 39.8 Å². The summed E-state index contributed by atoms with van der Waals surface area (Å²) in [4.78, 5) is 24.9. The molecule has 0 fully saturated rings. The second-order valence-electron chi connectivity index (χ2n) is 7.15. The average Bonchev–Trinajstić information content (AvgIpc) is 3.12. The van der Waals surface area contributed by atoms with E-state index < -0.39 is 0 Å². The Morgan fingerprint density at radius 2 is 1.77 bits per heavy atom. The number of anilines is 1. The maximum absolute atomic E-state index is 12.5. The molecule has 0 aliphatic carbocycles. The zero-order valence-corrected chi connectivity index (χ0v) is 18.5. The number of aromatic nitrogens is 3. The number of amides is 1. The van der Waals surface area contributed by atoms with Crippen molar-refractivity contribution in [3.05, 3.63) is 70.5 Å². The summed E-state index contributed by atoms with van der Waals surface area (Å²) < 4.78 is 1.85. The third-order valence-electron chi connectivity index (χ3n) is 4.60. The highest BCUT2D eigenvalue weighted by atomic mass is 32.2. The highest BCUT2D eigenvalue weighted by molar-refractivity contribution is 7.99. The maximum atomic E-state index is 12.5. The Morgan fingerprint density at radius 1 is 1.10 bits per heavy atom. The van der Waals surface area contributed by atoms with Gasteiger partial charge in [-0.2, -0.15) is 5.26 Å². The van der Waals surface area contributed by atoms with Crippen LogP contribution in [0.25, 0.3) is 0 Å². The van der Waals surface area contributed by atoms with Crippen molar-refractivity contribution < 1.29 is 9.59 Å². The SMILES string of the molecule is CCn1c(CC(=O)Nc2cc(C)cc(C)c2)nnc1SCC(=O)c1ccc(C#N)cc1. The number of ketones is 1. The third-order valence-corrected chi connectivity index (χ3v) is 5.57. The van der Waals surface area contributed by atoms with Gasteiger partial charge in [-0.3, -0.25) is 9.59 Å². The lowest BCUT2D eigenvalue weighted by atomic mass is 10.1. The quantitative estimate of drug-likeness (QED) is 0.426. The second kappa shape index (κ2) is 10.0. The molecule has 0 aliphatic heterocycles. The van der Waals surface area contributed by atoms with Crippen LogP contribution < -0.4 is 5.32 Å². The standard InChI is InChI=1S/C23H23N5O2S/c1-4-28-21(12-22(30)25-19-10-15(2)9-16(3)11-19)26-27-23(28)31-14-20(29)18-7-5-17(13-24)6-8-18/h5-11H,4,12,14H2,1-3H3,(H,25,30). The number of rotatable bonds is 8. The van der Waals surface area contributed by atoms with Crippen molar-refractivity contribution in [1.29, 1.82) is 5.26 Å². The van der Waals surface area contributed by atoms with Crippen LogP contribution in [-0.4, -0.2) is 32.2 Å². The van der Waals surface area contributed by atoms with E-state index in [9.17, 15) is 9.59 Å². The molecule has 0 saturated carbocycles. The molecule has 8 heteroatoms. The van der Waals surface area contributed by atoms with E-state index in [1.165, 1.54) is 11.8 Å². The molecule has 0 aliphatic rings. The molecule has 1 aromatic heterocycles. The van der Waals surface area contributed by atoms with Gasteiger partial charge < -0.3 is 9.88 Å². The Bertz CT molecular complexity index is 1130. The van der Waals surface area contributed by atoms with Gasteiger partial charge in [-0.25, -0.2) is 0 Å². The van der Waals surface area contributed by atoms with Crippen LogP contribution >= 0.6 is 11.8 Å². The van der Waals surface area contributed by atoms with E-state index in [1.807, 2.05) is 49.6 Å². The van der Waals surface area contributed by atoms with E-state index in [4.69, 9.17) is 5.26 Å². The van der Waals surface area contributed by atoms with Crippen LogP contribution in [0.5, 0.6) is 0 Å². The van der Waals surface area contributed by atoms with Gasteiger partial charge in [0.05, 0.1) is 23.8 Å². The topological polar surface area (TPSA) is 101 Å². The van der Waals surface area contributed by atoms with Crippen molar-refractivity contribution >= 4 is 29.1 Å². The van der Waals surface area contributed by atoms with E-state index in [0.717, 1.165) is 16.8 Å². The zero-order chi connectivity index (χ0) is 22.4. The molecule has 0 radical (unpaired) electrons. The summed E-state index contributed by atoms with van der Waals surface area (Å²) in [6.07, 6.45) is 0.0952. The normalized spacial score (nSPS) is 10.5. The molecule has 1 N–H and O–H groups in total. The van der Waals surface area contributed by atoms with Gasteiger partial charge in [0.25, 0.3) is 0 Å². The first-order chi connectivity index (χ1) is 14.9. The summed E-state index contributed by atoms with van der Waals surface area (Å²) in [6, 6.07) is 14.5. The van der Waals surface area contributed by atoms with Crippen LogP contribution in [0, 0.1) is 25.2 Å². The van der Waals surface area contributed by atoms with Gasteiger partial charge in [-0.15, -0.1) is 10.2 Å². The minimum Gasteiger partial charge on any atom is -0.326 e. The first-order valence-corrected chi connectivity index (χ1v) is 10.8. The van der Waals surface area contributed by atoms with Crippen molar-refractivity contribution in [1.82, 2.24) is 14.8 Å². The van der Waals surface area contributed by atoms with Crippen LogP contribution in [0.15, 0.2) is 47.6 Å². The van der Waals surface area contributed by atoms with Gasteiger partial charge in [0.2, 0.25) is 5.91 Å². The molecule has 0 spiro atoms. The van der Waals surface area contributed by atoms with Crippen LogP contribution in [0.4, 0.5) is 5.69 Å². The number of hydrogen-bond donors (Lipinski definition) is 1. The Kier molecular flexibility index (Phi) is 7.21. The molecule has 3 rings (SSSR count). The molecular formula is C23H23N5O2S. The number of nitriles is 1. The smallest absolute Gasteiger partial charge is 0.232 e. The first-order valence-electron chi connectivity index (χ1n) is 9.86. The second-order valence-corrected chi connectivity index (χ2v) is 8.09. The number of Topliss-reactive ketones (excluding diaryl/α,β-unsaturated/α-hetero) is 1. The summed E-state index contributed by atoms with van der Waals surface area (Å²) in [5.41, 5.74) is 3.98. The highest BCUT2D eigenvalue weighted by Gasteiger charge is 2.17. The highest BCUT2D eigenvalue weighted by Crippen LogP contribution is 2.20. The van der Waals surface area contributed by atoms with E-state index in [1.54, 1.807) is 24.3 Å². The van der Waals surface area contributed by atoms with Gasteiger partial charge >= 0.3 is 0 Å². The number of benzene rings is 2. The molecule has 7 nitrogen and oxygen atoms in total. The number of carbonyl (C=O) groups is 2. The molecule has 1 amide bonds. The first kappa shape index (κ1) is 22.2. The summed E-state index contributed by atoms with van der Waals surface area (Å²) in [5, 5.41) is 20.7. The Balaban J connectivity index is 1.63. The van der Waals surface area contributed by atoms with E-state index in [2.05, 4.69) is 15.5 Å². The fraction of sp³-hybridized carbons (Fsp3) is 0.261. The van der Waals surface area contributed by atoms with Gasteiger partial charge in [0.15, 0.2) is 10.9 Å². The summed E-state index contributed by atoms with van der Waals surface area (Å²) >= 11 is 1.28. The lowest BCUT2D eigenvalue weighted by molar-refractivity contribution is -0.115. The molecule has 158 valence electrons. The van der Waals surface area contributed by atoms with Crippen molar-refractivity contribution in [2.45, 2.75) is 38.9 Å². The molecule has 2 aromatic carbocycles. The zero-order valence-electron chi connectivity index (χ0n) is 17.7. The van der Waals surface area contributed by atoms with Gasteiger partial charge in [-0.05, 0) is 56.2 Å². The largest absolute Gasteiger partial charge is 0.326 e. The third kappa shape index (κ3) is 5.80. The fourth-order valence-corrected chi connectivity index (χ4v) is 4.13. The van der Waals surface area contributed by atoms with Crippen LogP contribution in [0.2, 0.25) is 0 Å². The Labute approximate surface area is 185 Å². The number of hydrogen-bond acceptors (Lipinski definition) is 6. The fourth-order valence-electron chi connectivity index (χ4n) is 3.21. The molecule has 3 aromatic rings. The molecule has 1 heterocycles. The van der Waals surface area contributed by atoms with E-state index in [0.29, 0.717) is 28.7 Å². The van der Waals surface area contributed by atoms with E-state index >= 15 is 0 Å². The van der Waals surface area contributed by atoms with Crippen molar-refractivity contribution in [2.24, 2.45) is 0 Å². The number of aryl methyl sites for hydroxylation is 2. The minimum atomic E-state index is -0.169. The number of carbonyl (C=O) groups excluding carboxylic acids is 2. The molecule has 0 bridgehead atoms. The average molecular weight is 434 g/mol. The lowest BCUT2D eigenvalue weighted by Crippen LogP contribution is -2.18. The summed E-state index contributed by atoms with van der Waals surface area (Å²) in [7, 11) is 0. The Morgan fingerprint density at radius 3 is 2.39 bits per heavy atom. The predicted octanol–water partition coefficient (Wildman–Crippen LogP) is 3.94.